The van der Waals surface area contributed by atoms with Gasteiger partial charge in [0, 0.05) is 23.5 Å². The fourth-order valence-corrected chi connectivity index (χ4v) is 3.91. The number of benzene rings is 1. The van der Waals surface area contributed by atoms with Crippen LogP contribution in [0, 0.1) is 0 Å². The van der Waals surface area contributed by atoms with Gasteiger partial charge < -0.3 is 36.9 Å². The molecule has 0 aliphatic heterocycles. The van der Waals surface area contributed by atoms with E-state index in [4.69, 9.17) is 15.9 Å². The van der Waals surface area contributed by atoms with Crippen LogP contribution in [0.15, 0.2) is 30.5 Å². The first kappa shape index (κ1) is 28.7. The Kier molecular flexibility index (Phi) is 10.7. The average Bonchev–Trinajstić information content (AvgIpc) is 3.23. The molecule has 2 rings (SSSR count). The van der Waals surface area contributed by atoms with Gasteiger partial charge in [-0.15, -0.1) is 0 Å². The van der Waals surface area contributed by atoms with Crippen LogP contribution in [0.25, 0.3) is 10.9 Å². The normalized spacial score (nSPS) is 14.3. The molecule has 1 aromatic heterocycles. The molecule has 4 atom stereocenters. The van der Waals surface area contributed by atoms with Crippen molar-refractivity contribution in [1.82, 2.24) is 20.9 Å². The van der Waals surface area contributed by atoms with Crippen molar-refractivity contribution >= 4 is 52.3 Å². The van der Waals surface area contributed by atoms with Gasteiger partial charge in [0.05, 0.1) is 12.5 Å². The molecule has 0 saturated heterocycles. The van der Waals surface area contributed by atoms with E-state index in [1.54, 1.807) is 6.20 Å². The first-order valence-corrected chi connectivity index (χ1v) is 12.6. The number of carboxylic acids is 2. The molecular weight excluding hydrogens is 490 g/mol. The monoisotopic (exact) mass is 521 g/mol. The molecule has 0 aliphatic rings. The SMILES string of the molecule is CSCCC(NC(=O)C(Cc1c[nH]c2ccccc12)NC(=O)C(N)CC(=O)O)C(=O)NC(C)C(=O)O. The Morgan fingerprint density at radius 3 is 2.28 bits per heavy atom. The molecule has 3 amide bonds. The van der Waals surface area contributed by atoms with E-state index >= 15 is 0 Å². The van der Waals surface area contributed by atoms with Crippen LogP contribution in [-0.4, -0.2) is 81.0 Å². The minimum atomic E-state index is -1.38. The first-order valence-electron chi connectivity index (χ1n) is 11.2. The van der Waals surface area contributed by atoms with Gasteiger partial charge in [0.15, 0.2) is 0 Å². The van der Waals surface area contributed by atoms with Gasteiger partial charge >= 0.3 is 11.9 Å². The molecule has 0 spiro atoms. The maximum Gasteiger partial charge on any atom is 0.325 e. The van der Waals surface area contributed by atoms with E-state index in [0.717, 1.165) is 10.9 Å². The van der Waals surface area contributed by atoms with Gasteiger partial charge in [-0.2, -0.15) is 11.8 Å². The number of carbonyl (C=O) groups is 5. The van der Waals surface area contributed by atoms with Crippen molar-refractivity contribution in [3.8, 4) is 0 Å². The Hall–Kier alpha value is -3.58. The molecule has 0 fully saturated rings. The van der Waals surface area contributed by atoms with Crippen molar-refractivity contribution in [2.75, 3.05) is 12.0 Å². The number of carbonyl (C=O) groups excluding carboxylic acids is 3. The number of para-hydroxylation sites is 1. The summed E-state index contributed by atoms with van der Waals surface area (Å²) in [7, 11) is 0. The number of aromatic nitrogens is 1. The summed E-state index contributed by atoms with van der Waals surface area (Å²) in [6, 6.07) is 2.57. The number of nitrogens with two attached hydrogens (primary N) is 1. The molecule has 1 aromatic carbocycles. The fourth-order valence-electron chi connectivity index (χ4n) is 3.44. The number of thioether (sulfide) groups is 1. The van der Waals surface area contributed by atoms with Crippen molar-refractivity contribution in [1.29, 1.82) is 0 Å². The van der Waals surface area contributed by atoms with Gasteiger partial charge in [-0.05, 0) is 37.0 Å². The van der Waals surface area contributed by atoms with Gasteiger partial charge in [-0.25, -0.2) is 0 Å². The lowest BCUT2D eigenvalue weighted by Crippen LogP contribution is -2.57. The van der Waals surface area contributed by atoms with Crippen LogP contribution in [0.5, 0.6) is 0 Å². The second-order valence-electron chi connectivity index (χ2n) is 8.24. The summed E-state index contributed by atoms with van der Waals surface area (Å²) in [6.07, 6.45) is 3.14. The number of aromatic amines is 1. The van der Waals surface area contributed by atoms with E-state index in [9.17, 15) is 24.0 Å². The topological polar surface area (TPSA) is 204 Å². The van der Waals surface area contributed by atoms with Crippen molar-refractivity contribution in [3.63, 3.8) is 0 Å². The summed E-state index contributed by atoms with van der Waals surface area (Å²) in [4.78, 5) is 63.7. The molecule has 4 unspecified atom stereocenters. The van der Waals surface area contributed by atoms with Gasteiger partial charge in [0.25, 0.3) is 0 Å². The van der Waals surface area contributed by atoms with Gasteiger partial charge in [0.2, 0.25) is 17.7 Å². The standard InChI is InChI=1S/C23H31N5O7S/c1-12(23(34)35)26-21(32)17(7-8-36-2)27-22(33)18(28-20(31)15(24)10-19(29)30)9-13-11-25-16-6-4-3-5-14(13)16/h3-6,11-12,15,17-18,25H,7-10,24H2,1-2H3,(H,26,32)(H,27,33)(H,28,31)(H,29,30)(H,34,35). The highest BCUT2D eigenvalue weighted by Gasteiger charge is 2.30. The number of H-pyrrole nitrogens is 1. The fraction of sp³-hybridized carbons (Fsp3) is 0.435. The Bertz CT molecular complexity index is 1110. The Morgan fingerprint density at radius 2 is 1.64 bits per heavy atom. The lowest BCUT2D eigenvalue weighted by atomic mass is 10.0. The summed E-state index contributed by atoms with van der Waals surface area (Å²) in [5.74, 6) is -4.19. The summed E-state index contributed by atoms with van der Waals surface area (Å²) in [6.45, 7) is 1.30. The Morgan fingerprint density at radius 1 is 1.00 bits per heavy atom. The predicted molar refractivity (Wildman–Crippen MR) is 134 cm³/mol. The first-order chi connectivity index (χ1) is 17.0. The summed E-state index contributed by atoms with van der Waals surface area (Å²) >= 11 is 1.44. The maximum absolute atomic E-state index is 13.3. The number of carboxylic acid groups (broad SMARTS) is 2. The van der Waals surface area contributed by atoms with Gasteiger partial charge in [-0.3, -0.25) is 24.0 Å². The maximum atomic E-state index is 13.3. The molecule has 2 aromatic rings. The average molecular weight is 522 g/mol. The quantitative estimate of drug-likeness (QED) is 0.176. The van der Waals surface area contributed by atoms with Crippen molar-refractivity contribution in [2.24, 2.45) is 5.73 Å². The minimum absolute atomic E-state index is 0.0315. The third-order valence-corrected chi connectivity index (χ3v) is 6.08. The molecule has 8 N–H and O–H groups in total. The largest absolute Gasteiger partial charge is 0.481 e. The number of hydrogen-bond donors (Lipinski definition) is 7. The molecule has 0 radical (unpaired) electrons. The van der Waals surface area contributed by atoms with E-state index in [2.05, 4.69) is 20.9 Å². The second kappa shape index (κ2) is 13.5. The van der Waals surface area contributed by atoms with Gasteiger partial charge in [0.1, 0.15) is 18.1 Å². The predicted octanol–water partition coefficient (Wildman–Crippen LogP) is -0.176. The van der Waals surface area contributed by atoms with Crippen molar-refractivity contribution < 1.29 is 34.2 Å². The molecule has 12 nitrogen and oxygen atoms in total. The number of aliphatic carboxylic acids is 2. The van der Waals surface area contributed by atoms with Gasteiger partial charge in [-0.1, -0.05) is 18.2 Å². The molecule has 0 aliphatic carbocycles. The number of nitrogens with one attached hydrogen (secondary N) is 4. The van der Waals surface area contributed by atoms with Crippen LogP contribution in [0.4, 0.5) is 0 Å². The van der Waals surface area contributed by atoms with Crippen LogP contribution in [0.2, 0.25) is 0 Å². The van der Waals surface area contributed by atoms with E-state index < -0.39 is 60.2 Å². The van der Waals surface area contributed by atoms with Crippen molar-refractivity contribution in [2.45, 2.75) is 50.4 Å². The number of rotatable bonds is 14. The molecule has 1 heterocycles. The van der Waals surface area contributed by atoms with Crippen LogP contribution >= 0.6 is 11.8 Å². The highest BCUT2D eigenvalue weighted by atomic mass is 32.2. The van der Waals surface area contributed by atoms with Crippen LogP contribution in [0.3, 0.4) is 0 Å². The molecule has 0 saturated carbocycles. The lowest BCUT2D eigenvalue weighted by Gasteiger charge is -2.24. The molecule has 13 heteroatoms. The van der Waals surface area contributed by atoms with Crippen LogP contribution < -0.4 is 21.7 Å². The lowest BCUT2D eigenvalue weighted by molar-refractivity contribution is -0.141. The minimum Gasteiger partial charge on any atom is -0.481 e. The third kappa shape index (κ3) is 8.27. The van der Waals surface area contributed by atoms with E-state index in [1.807, 2.05) is 30.5 Å². The summed E-state index contributed by atoms with van der Waals surface area (Å²) < 4.78 is 0. The number of amides is 3. The molecule has 0 bridgehead atoms. The highest BCUT2D eigenvalue weighted by molar-refractivity contribution is 7.98. The Balaban J connectivity index is 2.27. The molecule has 196 valence electrons. The van der Waals surface area contributed by atoms with Crippen LogP contribution in [0.1, 0.15) is 25.3 Å². The smallest absolute Gasteiger partial charge is 0.325 e. The van der Waals surface area contributed by atoms with Crippen LogP contribution in [-0.2, 0) is 30.4 Å². The zero-order valence-corrected chi connectivity index (χ0v) is 20.8. The number of hydrogen-bond acceptors (Lipinski definition) is 7. The number of fused-ring (bicyclic) bond motifs is 1. The van der Waals surface area contributed by atoms with E-state index in [-0.39, 0.29) is 12.8 Å². The zero-order valence-electron chi connectivity index (χ0n) is 19.9. The highest BCUT2D eigenvalue weighted by Crippen LogP contribution is 2.19. The summed E-state index contributed by atoms with van der Waals surface area (Å²) in [5.41, 5.74) is 7.21. The van der Waals surface area contributed by atoms with Crippen molar-refractivity contribution in [3.05, 3.63) is 36.0 Å². The second-order valence-corrected chi connectivity index (χ2v) is 9.23. The third-order valence-electron chi connectivity index (χ3n) is 5.44. The van der Waals surface area contributed by atoms with E-state index in [1.165, 1.54) is 18.7 Å². The van der Waals surface area contributed by atoms with E-state index in [0.29, 0.717) is 11.3 Å². The molecule has 36 heavy (non-hydrogen) atoms. The molecular formula is C23H31N5O7S. The Labute approximate surface area is 211 Å². The summed E-state index contributed by atoms with van der Waals surface area (Å²) in [5, 5.41) is 26.3. The zero-order chi connectivity index (χ0) is 26.8.